The van der Waals surface area contributed by atoms with E-state index in [0.29, 0.717) is 31.5 Å². The molecular weight excluding hydrogens is 436 g/mol. The summed E-state index contributed by atoms with van der Waals surface area (Å²) in [6, 6.07) is 22.8. The molecule has 0 saturated carbocycles. The van der Waals surface area contributed by atoms with Gasteiger partial charge >= 0.3 is 0 Å². The lowest BCUT2D eigenvalue weighted by molar-refractivity contribution is -0.0299. The smallest absolute Gasteiger partial charge is 0.240 e. The van der Waals surface area contributed by atoms with Crippen LogP contribution in [-0.2, 0) is 22.2 Å². The summed E-state index contributed by atoms with van der Waals surface area (Å²) in [4.78, 5) is 2.43. The van der Waals surface area contributed by atoms with Crippen molar-refractivity contribution >= 4 is 10.0 Å². The molecule has 6 nitrogen and oxygen atoms in total. The molecule has 1 heterocycles. The predicted molar refractivity (Wildman–Crippen MR) is 129 cm³/mol. The highest BCUT2D eigenvalue weighted by Crippen LogP contribution is 2.37. The Bertz CT molecular complexity index is 1200. The van der Waals surface area contributed by atoms with E-state index in [0.717, 1.165) is 29.2 Å². The van der Waals surface area contributed by atoms with E-state index < -0.39 is 15.6 Å². The molecule has 2 N–H and O–H groups in total. The van der Waals surface area contributed by atoms with Gasteiger partial charge in [-0.25, -0.2) is 13.1 Å². The normalized spacial score (nSPS) is 16.5. The zero-order valence-corrected chi connectivity index (χ0v) is 19.8. The number of benzene rings is 3. The lowest BCUT2D eigenvalue weighted by Crippen LogP contribution is -2.43. The summed E-state index contributed by atoms with van der Waals surface area (Å²) < 4.78 is 33.4. The van der Waals surface area contributed by atoms with E-state index in [1.807, 2.05) is 55.5 Å². The van der Waals surface area contributed by atoms with Crippen LogP contribution in [0.1, 0.15) is 29.5 Å². The Kier molecular flexibility index (Phi) is 6.86. The Morgan fingerprint density at radius 3 is 2.36 bits per heavy atom. The van der Waals surface area contributed by atoms with Gasteiger partial charge in [0.2, 0.25) is 10.0 Å². The second-order valence-electron chi connectivity index (χ2n) is 8.58. The standard InChI is InChI=1S/C26H30N2O4S/c1-20-11-12-25(33(30,31)27-2)24(17-20)26(29)13-15-28(16-14-26)19-21-7-6-10-23(18-21)32-22-8-4-3-5-9-22/h3-12,17-18,27,29H,13-16,19H2,1-2H3. The van der Waals surface area contributed by atoms with Crippen molar-refractivity contribution < 1.29 is 18.3 Å². The van der Waals surface area contributed by atoms with Crippen LogP contribution in [0.15, 0.2) is 77.7 Å². The van der Waals surface area contributed by atoms with Crippen LogP contribution in [0.5, 0.6) is 11.5 Å². The second-order valence-corrected chi connectivity index (χ2v) is 10.4. The Hall–Kier alpha value is -2.71. The maximum absolute atomic E-state index is 12.5. The Morgan fingerprint density at radius 1 is 0.970 bits per heavy atom. The molecular formula is C26H30N2O4S. The van der Waals surface area contributed by atoms with Gasteiger partial charge in [0.1, 0.15) is 11.5 Å². The summed E-state index contributed by atoms with van der Waals surface area (Å²) >= 11 is 0. The molecule has 4 rings (SSSR count). The van der Waals surface area contributed by atoms with Crippen molar-refractivity contribution in [1.82, 2.24) is 9.62 Å². The first-order valence-corrected chi connectivity index (χ1v) is 12.6. The monoisotopic (exact) mass is 466 g/mol. The minimum Gasteiger partial charge on any atom is -0.457 e. The van der Waals surface area contributed by atoms with E-state index in [9.17, 15) is 13.5 Å². The Morgan fingerprint density at radius 2 is 1.67 bits per heavy atom. The molecule has 174 valence electrons. The van der Waals surface area contributed by atoms with Crippen LogP contribution in [-0.4, -0.2) is 38.6 Å². The van der Waals surface area contributed by atoms with Crippen LogP contribution in [0, 0.1) is 6.92 Å². The number of aryl methyl sites for hydroxylation is 1. The van der Waals surface area contributed by atoms with E-state index in [1.165, 1.54) is 7.05 Å². The number of ether oxygens (including phenoxy) is 1. The summed E-state index contributed by atoms with van der Waals surface area (Å²) in [6.07, 6.45) is 0.922. The zero-order chi connectivity index (χ0) is 23.5. The number of rotatable bonds is 7. The van der Waals surface area contributed by atoms with Gasteiger partial charge in [0.15, 0.2) is 0 Å². The third-order valence-corrected chi connectivity index (χ3v) is 7.63. The van der Waals surface area contributed by atoms with Crippen LogP contribution < -0.4 is 9.46 Å². The minimum absolute atomic E-state index is 0.150. The van der Waals surface area contributed by atoms with Crippen LogP contribution in [0.4, 0.5) is 0 Å². The fourth-order valence-electron chi connectivity index (χ4n) is 4.29. The first-order chi connectivity index (χ1) is 15.8. The Balaban J connectivity index is 1.46. The Labute approximate surface area is 195 Å². The number of para-hydroxylation sites is 1. The summed E-state index contributed by atoms with van der Waals surface area (Å²) in [5.74, 6) is 1.58. The molecule has 0 spiro atoms. The maximum Gasteiger partial charge on any atom is 0.240 e. The fraction of sp³-hybridized carbons (Fsp3) is 0.308. The number of hydrogen-bond donors (Lipinski definition) is 2. The molecule has 7 heteroatoms. The van der Waals surface area contributed by atoms with Crippen molar-refractivity contribution in [3.05, 3.63) is 89.5 Å². The molecule has 0 bridgehead atoms. The molecule has 1 saturated heterocycles. The number of likely N-dealkylation sites (tertiary alicyclic amines) is 1. The molecule has 0 radical (unpaired) electrons. The molecule has 1 aliphatic rings. The van der Waals surface area contributed by atoms with E-state index in [2.05, 4.69) is 15.7 Å². The van der Waals surface area contributed by atoms with Gasteiger partial charge in [-0.2, -0.15) is 0 Å². The van der Waals surface area contributed by atoms with Gasteiger partial charge in [0.25, 0.3) is 0 Å². The summed E-state index contributed by atoms with van der Waals surface area (Å²) in [7, 11) is -2.27. The van der Waals surface area contributed by atoms with Crippen molar-refractivity contribution in [2.24, 2.45) is 0 Å². The highest BCUT2D eigenvalue weighted by Gasteiger charge is 2.38. The SMILES string of the molecule is CNS(=O)(=O)c1ccc(C)cc1C1(O)CCN(Cc2cccc(Oc3ccccc3)c2)CC1. The number of piperidine rings is 1. The quantitative estimate of drug-likeness (QED) is 0.546. The van der Waals surface area contributed by atoms with Crippen molar-refractivity contribution in [2.75, 3.05) is 20.1 Å². The molecule has 0 amide bonds. The number of sulfonamides is 1. The molecule has 33 heavy (non-hydrogen) atoms. The van der Waals surface area contributed by atoms with Crippen molar-refractivity contribution in [2.45, 2.75) is 36.8 Å². The average molecular weight is 467 g/mol. The van der Waals surface area contributed by atoms with E-state index >= 15 is 0 Å². The highest BCUT2D eigenvalue weighted by atomic mass is 32.2. The van der Waals surface area contributed by atoms with Crippen LogP contribution in [0.2, 0.25) is 0 Å². The second kappa shape index (κ2) is 9.65. The van der Waals surface area contributed by atoms with Gasteiger partial charge in [-0.3, -0.25) is 4.90 Å². The van der Waals surface area contributed by atoms with Crippen molar-refractivity contribution in [3.8, 4) is 11.5 Å². The molecule has 1 fully saturated rings. The molecule has 3 aromatic rings. The number of hydrogen-bond acceptors (Lipinski definition) is 5. The third-order valence-electron chi connectivity index (χ3n) is 6.16. The average Bonchev–Trinajstić information content (AvgIpc) is 2.81. The van der Waals surface area contributed by atoms with Gasteiger partial charge in [0, 0.05) is 25.2 Å². The van der Waals surface area contributed by atoms with Gasteiger partial charge < -0.3 is 9.84 Å². The van der Waals surface area contributed by atoms with Crippen molar-refractivity contribution in [1.29, 1.82) is 0 Å². The molecule has 1 aliphatic heterocycles. The highest BCUT2D eigenvalue weighted by molar-refractivity contribution is 7.89. The molecule has 0 unspecified atom stereocenters. The summed E-state index contributed by atoms with van der Waals surface area (Å²) in [5, 5.41) is 11.5. The van der Waals surface area contributed by atoms with Gasteiger partial charge in [-0.05, 0) is 62.7 Å². The largest absolute Gasteiger partial charge is 0.457 e. The predicted octanol–water partition coefficient (Wildman–Crippen LogP) is 4.18. The van der Waals surface area contributed by atoms with Crippen LogP contribution >= 0.6 is 0 Å². The van der Waals surface area contributed by atoms with Crippen LogP contribution in [0.3, 0.4) is 0 Å². The first kappa shape index (κ1) is 23.4. The molecule has 0 atom stereocenters. The van der Waals surface area contributed by atoms with Gasteiger partial charge in [-0.15, -0.1) is 0 Å². The fourth-order valence-corrected chi connectivity index (χ4v) is 5.30. The van der Waals surface area contributed by atoms with Gasteiger partial charge in [0.05, 0.1) is 10.5 Å². The van der Waals surface area contributed by atoms with Gasteiger partial charge in [-0.1, -0.05) is 48.0 Å². The van der Waals surface area contributed by atoms with Crippen molar-refractivity contribution in [3.63, 3.8) is 0 Å². The maximum atomic E-state index is 12.5. The topological polar surface area (TPSA) is 78.9 Å². The molecule has 0 aromatic heterocycles. The number of nitrogens with one attached hydrogen (secondary N) is 1. The van der Waals surface area contributed by atoms with E-state index in [-0.39, 0.29) is 4.90 Å². The van der Waals surface area contributed by atoms with E-state index in [4.69, 9.17) is 4.74 Å². The number of aliphatic hydroxyl groups is 1. The zero-order valence-electron chi connectivity index (χ0n) is 19.0. The lowest BCUT2D eigenvalue weighted by atomic mass is 9.83. The molecule has 0 aliphatic carbocycles. The third kappa shape index (κ3) is 5.45. The summed E-state index contributed by atoms with van der Waals surface area (Å²) in [6.45, 7) is 3.96. The minimum atomic E-state index is -3.66. The van der Waals surface area contributed by atoms with Crippen LogP contribution in [0.25, 0.3) is 0 Å². The molecule has 3 aromatic carbocycles. The first-order valence-electron chi connectivity index (χ1n) is 11.1. The number of nitrogens with zero attached hydrogens (tertiary/aromatic N) is 1. The lowest BCUT2D eigenvalue weighted by Gasteiger charge is -2.39. The van der Waals surface area contributed by atoms with E-state index in [1.54, 1.807) is 18.2 Å². The summed E-state index contributed by atoms with van der Waals surface area (Å²) in [5.41, 5.74) is 1.35.